The molecule has 5 heteroatoms. The van der Waals surface area contributed by atoms with E-state index in [4.69, 9.17) is 5.73 Å². The van der Waals surface area contributed by atoms with Crippen molar-refractivity contribution in [2.45, 2.75) is 13.3 Å². The smallest absolute Gasteiger partial charge is 0.294 e. The lowest BCUT2D eigenvalue weighted by Gasteiger charge is -2.08. The van der Waals surface area contributed by atoms with Crippen LogP contribution in [0.4, 0.5) is 17.1 Å². The highest BCUT2D eigenvalue weighted by Crippen LogP contribution is 2.29. The number of hydrogen-bond acceptors (Lipinski definition) is 4. The van der Waals surface area contributed by atoms with Crippen molar-refractivity contribution in [1.82, 2.24) is 0 Å². The standard InChI is InChI=1S/C9H13N3O2/c1-3-6-4-7(10)9(12(13)14)5-8(6)11-2/h4-5,11H,3,10H2,1-2H3. The van der Waals surface area contributed by atoms with Gasteiger partial charge in [0.1, 0.15) is 5.69 Å². The van der Waals surface area contributed by atoms with Gasteiger partial charge in [-0.25, -0.2) is 0 Å². The molecule has 14 heavy (non-hydrogen) atoms. The van der Waals surface area contributed by atoms with Gasteiger partial charge in [0, 0.05) is 18.8 Å². The van der Waals surface area contributed by atoms with Crippen LogP contribution in [-0.4, -0.2) is 12.0 Å². The largest absolute Gasteiger partial charge is 0.393 e. The van der Waals surface area contributed by atoms with Crippen LogP contribution in [0.15, 0.2) is 12.1 Å². The third kappa shape index (κ3) is 1.76. The Morgan fingerprint density at radius 1 is 1.57 bits per heavy atom. The van der Waals surface area contributed by atoms with Gasteiger partial charge in [-0.3, -0.25) is 10.1 Å². The van der Waals surface area contributed by atoms with E-state index >= 15 is 0 Å². The minimum Gasteiger partial charge on any atom is -0.393 e. The van der Waals surface area contributed by atoms with Crippen LogP contribution in [-0.2, 0) is 6.42 Å². The molecule has 0 aliphatic carbocycles. The zero-order valence-electron chi connectivity index (χ0n) is 8.20. The van der Waals surface area contributed by atoms with Gasteiger partial charge < -0.3 is 11.1 Å². The molecule has 0 aliphatic heterocycles. The fourth-order valence-electron chi connectivity index (χ4n) is 1.34. The van der Waals surface area contributed by atoms with Crippen molar-refractivity contribution in [3.8, 4) is 0 Å². The summed E-state index contributed by atoms with van der Waals surface area (Å²) in [6.07, 6.45) is 0.790. The number of nitrogens with two attached hydrogens (primary N) is 1. The van der Waals surface area contributed by atoms with E-state index in [0.717, 1.165) is 17.7 Å². The second-order valence-corrected chi connectivity index (χ2v) is 2.93. The zero-order chi connectivity index (χ0) is 10.7. The van der Waals surface area contributed by atoms with Crippen molar-refractivity contribution in [3.05, 3.63) is 27.8 Å². The minimum atomic E-state index is -0.477. The van der Waals surface area contributed by atoms with Gasteiger partial charge in [0.05, 0.1) is 4.92 Å². The van der Waals surface area contributed by atoms with Gasteiger partial charge in [-0.1, -0.05) is 6.92 Å². The van der Waals surface area contributed by atoms with Crippen molar-refractivity contribution in [1.29, 1.82) is 0 Å². The molecule has 76 valence electrons. The third-order valence-corrected chi connectivity index (χ3v) is 2.10. The number of hydrogen-bond donors (Lipinski definition) is 2. The molecule has 1 aromatic rings. The van der Waals surface area contributed by atoms with E-state index in [-0.39, 0.29) is 11.4 Å². The Labute approximate surface area is 82.1 Å². The van der Waals surface area contributed by atoms with E-state index in [9.17, 15) is 10.1 Å². The van der Waals surface area contributed by atoms with Crippen LogP contribution in [0.5, 0.6) is 0 Å². The average molecular weight is 195 g/mol. The average Bonchev–Trinajstić information content (AvgIpc) is 2.16. The molecule has 0 radical (unpaired) electrons. The predicted molar refractivity (Wildman–Crippen MR) is 56.4 cm³/mol. The van der Waals surface area contributed by atoms with Crippen LogP contribution in [0, 0.1) is 10.1 Å². The number of benzene rings is 1. The molecule has 0 aromatic heterocycles. The molecule has 3 N–H and O–H groups in total. The summed E-state index contributed by atoms with van der Waals surface area (Å²) in [7, 11) is 1.73. The van der Waals surface area contributed by atoms with Crippen molar-refractivity contribution < 1.29 is 4.92 Å². The summed E-state index contributed by atoms with van der Waals surface area (Å²) in [6.45, 7) is 1.97. The van der Waals surface area contributed by atoms with Crippen molar-refractivity contribution in [2.75, 3.05) is 18.1 Å². The van der Waals surface area contributed by atoms with E-state index in [1.807, 2.05) is 6.92 Å². The van der Waals surface area contributed by atoms with Gasteiger partial charge in [-0.15, -0.1) is 0 Å². The third-order valence-electron chi connectivity index (χ3n) is 2.10. The molecular formula is C9H13N3O2. The molecular weight excluding hydrogens is 182 g/mol. The summed E-state index contributed by atoms with van der Waals surface area (Å²) in [5.74, 6) is 0. The normalized spacial score (nSPS) is 9.86. The van der Waals surface area contributed by atoms with Gasteiger partial charge in [0.15, 0.2) is 0 Å². The van der Waals surface area contributed by atoms with Crippen LogP contribution < -0.4 is 11.1 Å². The molecule has 0 aliphatic rings. The van der Waals surface area contributed by atoms with Gasteiger partial charge in [0.25, 0.3) is 5.69 Å². The Hall–Kier alpha value is -1.78. The Morgan fingerprint density at radius 3 is 2.64 bits per heavy atom. The van der Waals surface area contributed by atoms with E-state index < -0.39 is 4.92 Å². The second kappa shape index (κ2) is 3.95. The fraction of sp³-hybridized carbons (Fsp3) is 0.333. The molecule has 0 unspecified atom stereocenters. The molecule has 1 aromatic carbocycles. The van der Waals surface area contributed by atoms with Crippen LogP contribution in [0.2, 0.25) is 0 Å². The van der Waals surface area contributed by atoms with Crippen molar-refractivity contribution >= 4 is 17.1 Å². The quantitative estimate of drug-likeness (QED) is 0.437. The number of nitrogen functional groups attached to an aromatic ring is 1. The molecule has 0 atom stereocenters. The fourth-order valence-corrected chi connectivity index (χ4v) is 1.34. The molecule has 5 nitrogen and oxygen atoms in total. The first-order valence-electron chi connectivity index (χ1n) is 4.34. The molecule has 0 bridgehead atoms. The van der Waals surface area contributed by atoms with Gasteiger partial charge in [0.2, 0.25) is 0 Å². The first kappa shape index (κ1) is 10.3. The van der Waals surface area contributed by atoms with Crippen LogP contribution in [0.25, 0.3) is 0 Å². The summed E-state index contributed by atoms with van der Waals surface area (Å²) in [5.41, 5.74) is 7.46. The Kier molecular flexibility index (Phi) is 2.91. The maximum atomic E-state index is 10.6. The Balaban J connectivity index is 3.30. The minimum absolute atomic E-state index is 0.0495. The Bertz CT molecular complexity index is 363. The van der Waals surface area contributed by atoms with Crippen molar-refractivity contribution in [2.24, 2.45) is 0 Å². The first-order chi connectivity index (χ1) is 6.60. The number of nitro groups is 1. The number of nitrogens with zero attached hydrogens (tertiary/aromatic N) is 1. The van der Waals surface area contributed by atoms with Gasteiger partial charge >= 0.3 is 0 Å². The second-order valence-electron chi connectivity index (χ2n) is 2.93. The van der Waals surface area contributed by atoms with E-state index in [1.54, 1.807) is 13.1 Å². The van der Waals surface area contributed by atoms with E-state index in [0.29, 0.717) is 0 Å². The van der Waals surface area contributed by atoms with E-state index in [1.165, 1.54) is 6.07 Å². The summed E-state index contributed by atoms with van der Waals surface area (Å²) >= 11 is 0. The lowest BCUT2D eigenvalue weighted by atomic mass is 10.1. The monoisotopic (exact) mass is 195 g/mol. The highest BCUT2D eigenvalue weighted by Gasteiger charge is 2.14. The predicted octanol–water partition coefficient (Wildman–Crippen LogP) is 1.78. The number of rotatable bonds is 3. The molecule has 0 heterocycles. The molecule has 0 spiro atoms. The SMILES string of the molecule is CCc1cc(N)c([N+](=O)[O-])cc1NC. The molecule has 0 fully saturated rings. The highest BCUT2D eigenvalue weighted by molar-refractivity contribution is 5.69. The lowest BCUT2D eigenvalue weighted by molar-refractivity contribution is -0.383. The number of nitrogens with one attached hydrogen (secondary N) is 1. The first-order valence-corrected chi connectivity index (χ1v) is 4.34. The van der Waals surface area contributed by atoms with Crippen LogP contribution >= 0.6 is 0 Å². The summed E-state index contributed by atoms with van der Waals surface area (Å²) in [6, 6.07) is 3.11. The van der Waals surface area contributed by atoms with E-state index in [2.05, 4.69) is 5.32 Å². The molecule has 0 saturated heterocycles. The Morgan fingerprint density at radius 2 is 2.21 bits per heavy atom. The summed E-state index contributed by atoms with van der Waals surface area (Å²) < 4.78 is 0. The zero-order valence-corrected chi connectivity index (χ0v) is 8.20. The molecule has 1 rings (SSSR count). The number of aryl methyl sites for hydroxylation is 1. The van der Waals surface area contributed by atoms with Crippen LogP contribution in [0.3, 0.4) is 0 Å². The summed E-state index contributed by atoms with van der Waals surface area (Å²) in [4.78, 5) is 10.1. The highest BCUT2D eigenvalue weighted by atomic mass is 16.6. The molecule has 0 amide bonds. The van der Waals surface area contributed by atoms with Gasteiger partial charge in [-0.05, 0) is 18.1 Å². The molecule has 0 saturated carbocycles. The maximum Gasteiger partial charge on any atom is 0.294 e. The number of anilines is 2. The van der Waals surface area contributed by atoms with Crippen LogP contribution in [0.1, 0.15) is 12.5 Å². The topological polar surface area (TPSA) is 81.2 Å². The van der Waals surface area contributed by atoms with Crippen molar-refractivity contribution in [3.63, 3.8) is 0 Å². The number of nitro benzene ring substituents is 1. The van der Waals surface area contributed by atoms with Gasteiger partial charge in [-0.2, -0.15) is 0 Å². The summed E-state index contributed by atoms with van der Waals surface area (Å²) in [5, 5.41) is 13.5. The maximum absolute atomic E-state index is 10.6. The lowest BCUT2D eigenvalue weighted by Crippen LogP contribution is -2.01.